The minimum Gasteiger partial charge on any atom is -0.478 e. The molecule has 0 saturated carbocycles. The maximum Gasteiger partial charge on any atom is 0.336 e. The van der Waals surface area contributed by atoms with Crippen molar-refractivity contribution in [3.05, 3.63) is 71.3 Å². The molecule has 0 bridgehead atoms. The molecule has 118 valence electrons. The zero-order valence-electron chi connectivity index (χ0n) is 12.2. The molecule has 4 N–H and O–H groups in total. The van der Waals surface area contributed by atoms with Gasteiger partial charge in [-0.15, -0.1) is 0 Å². The molecule has 1 atom stereocenters. The molecule has 0 aromatic heterocycles. The quantitative estimate of drug-likeness (QED) is 0.769. The smallest absolute Gasteiger partial charge is 0.336 e. The van der Waals surface area contributed by atoms with Crippen LogP contribution in [0.2, 0.25) is 0 Å². The monoisotopic (exact) mass is 312 g/mol. The Morgan fingerprint density at radius 2 is 1.52 bits per heavy atom. The van der Waals surface area contributed by atoms with Crippen LogP contribution in [0.4, 0.5) is 0 Å². The van der Waals surface area contributed by atoms with E-state index in [2.05, 4.69) is 5.32 Å². The minimum atomic E-state index is -1.24. The fourth-order valence-electron chi connectivity index (χ4n) is 2.10. The Hall–Kier alpha value is -2.99. The van der Waals surface area contributed by atoms with E-state index in [1.807, 2.05) is 30.3 Å². The number of imide groups is 1. The molecule has 0 heterocycles. The molecule has 2 amide bonds. The molecule has 6 heteroatoms. The zero-order chi connectivity index (χ0) is 16.8. The number of carboxylic acids is 1. The Bertz CT molecular complexity index is 728. The van der Waals surface area contributed by atoms with Crippen LogP contribution in [0.5, 0.6) is 0 Å². The number of carbonyl (C=O) groups is 3. The van der Waals surface area contributed by atoms with Crippen molar-refractivity contribution in [3.63, 3.8) is 0 Å². The topological polar surface area (TPSA) is 109 Å². The number of aromatic carboxylic acids is 1. The molecular weight excluding hydrogens is 296 g/mol. The first-order valence-corrected chi connectivity index (χ1v) is 6.96. The van der Waals surface area contributed by atoms with Crippen molar-refractivity contribution in [1.82, 2.24) is 5.32 Å². The molecule has 0 aliphatic carbocycles. The summed E-state index contributed by atoms with van der Waals surface area (Å²) >= 11 is 0. The number of carboxylic acid groups (broad SMARTS) is 1. The number of hydrogen-bond donors (Lipinski definition) is 3. The van der Waals surface area contributed by atoms with Gasteiger partial charge in [-0.3, -0.25) is 14.9 Å². The van der Waals surface area contributed by atoms with E-state index in [0.29, 0.717) is 0 Å². The van der Waals surface area contributed by atoms with E-state index in [9.17, 15) is 14.4 Å². The Labute approximate surface area is 132 Å². The average Bonchev–Trinajstić information content (AvgIpc) is 2.55. The lowest BCUT2D eigenvalue weighted by Crippen LogP contribution is -2.44. The van der Waals surface area contributed by atoms with Crippen LogP contribution < -0.4 is 11.1 Å². The number of amides is 2. The Morgan fingerprint density at radius 3 is 2.13 bits per heavy atom. The Balaban J connectivity index is 2.05. The SMILES string of the molecule is N[C@H](Cc1ccccc1)C(=O)NC(=O)c1ccccc1C(=O)O. The van der Waals surface area contributed by atoms with Crippen LogP contribution >= 0.6 is 0 Å². The van der Waals surface area contributed by atoms with E-state index in [4.69, 9.17) is 10.8 Å². The summed E-state index contributed by atoms with van der Waals surface area (Å²) in [4.78, 5) is 35.2. The molecular formula is C17H16N2O4. The van der Waals surface area contributed by atoms with Crippen molar-refractivity contribution < 1.29 is 19.5 Å². The van der Waals surface area contributed by atoms with Gasteiger partial charge in [0.15, 0.2) is 0 Å². The first kappa shape index (κ1) is 16.4. The van der Waals surface area contributed by atoms with Crippen molar-refractivity contribution in [3.8, 4) is 0 Å². The molecule has 0 aliphatic heterocycles. The van der Waals surface area contributed by atoms with Crippen LogP contribution in [0.25, 0.3) is 0 Å². The number of carbonyl (C=O) groups excluding carboxylic acids is 2. The summed E-state index contributed by atoms with van der Waals surface area (Å²) in [6.45, 7) is 0. The van der Waals surface area contributed by atoms with Gasteiger partial charge in [0.1, 0.15) is 0 Å². The summed E-state index contributed by atoms with van der Waals surface area (Å²) in [6.07, 6.45) is 0.278. The molecule has 0 saturated heterocycles. The summed E-state index contributed by atoms with van der Waals surface area (Å²) in [5, 5.41) is 11.2. The van der Waals surface area contributed by atoms with Gasteiger partial charge in [-0.1, -0.05) is 42.5 Å². The van der Waals surface area contributed by atoms with Gasteiger partial charge in [0.25, 0.3) is 5.91 Å². The molecule has 2 rings (SSSR count). The van der Waals surface area contributed by atoms with Gasteiger partial charge < -0.3 is 10.8 Å². The second kappa shape index (κ2) is 7.33. The predicted octanol–water partition coefficient (Wildman–Crippen LogP) is 1.21. The van der Waals surface area contributed by atoms with Crippen LogP contribution in [0.3, 0.4) is 0 Å². The normalized spacial score (nSPS) is 11.5. The number of rotatable bonds is 5. The third-order valence-corrected chi connectivity index (χ3v) is 3.27. The summed E-state index contributed by atoms with van der Waals surface area (Å²) in [6, 6.07) is 13.9. The van der Waals surface area contributed by atoms with E-state index in [1.165, 1.54) is 24.3 Å². The third kappa shape index (κ3) is 4.24. The molecule has 6 nitrogen and oxygen atoms in total. The van der Waals surface area contributed by atoms with E-state index in [-0.39, 0.29) is 17.5 Å². The average molecular weight is 312 g/mol. The summed E-state index contributed by atoms with van der Waals surface area (Å²) in [7, 11) is 0. The molecule has 2 aromatic carbocycles. The maximum atomic E-state index is 12.1. The fourth-order valence-corrected chi connectivity index (χ4v) is 2.10. The third-order valence-electron chi connectivity index (χ3n) is 3.27. The number of hydrogen-bond acceptors (Lipinski definition) is 4. The standard InChI is InChI=1S/C17H16N2O4/c18-14(10-11-6-2-1-3-7-11)16(21)19-15(20)12-8-4-5-9-13(12)17(22)23/h1-9,14H,10,18H2,(H,22,23)(H,19,20,21)/t14-/m1/s1. The lowest BCUT2D eigenvalue weighted by Gasteiger charge is -2.12. The number of nitrogens with two attached hydrogens (primary N) is 1. The van der Waals surface area contributed by atoms with Gasteiger partial charge in [-0.2, -0.15) is 0 Å². The van der Waals surface area contributed by atoms with Crippen LogP contribution in [0, 0.1) is 0 Å². The predicted molar refractivity (Wildman–Crippen MR) is 84.0 cm³/mol. The van der Waals surface area contributed by atoms with Crippen LogP contribution in [-0.2, 0) is 11.2 Å². The minimum absolute atomic E-state index is 0.0831. The summed E-state index contributed by atoms with van der Waals surface area (Å²) < 4.78 is 0. The van der Waals surface area contributed by atoms with Gasteiger partial charge in [0.2, 0.25) is 5.91 Å². The molecule has 0 fully saturated rings. The van der Waals surface area contributed by atoms with Gasteiger partial charge in [-0.05, 0) is 24.1 Å². The van der Waals surface area contributed by atoms with Gasteiger partial charge in [0, 0.05) is 0 Å². The van der Waals surface area contributed by atoms with E-state index in [0.717, 1.165) is 5.56 Å². The fraction of sp³-hybridized carbons (Fsp3) is 0.118. The first-order chi connectivity index (χ1) is 11.0. The Morgan fingerprint density at radius 1 is 0.957 bits per heavy atom. The summed E-state index contributed by atoms with van der Waals surface area (Å²) in [5.41, 5.74) is 6.41. The highest BCUT2D eigenvalue weighted by Gasteiger charge is 2.21. The van der Waals surface area contributed by atoms with E-state index < -0.39 is 23.8 Å². The van der Waals surface area contributed by atoms with Crippen LogP contribution in [0.15, 0.2) is 54.6 Å². The molecule has 23 heavy (non-hydrogen) atoms. The van der Waals surface area contributed by atoms with E-state index in [1.54, 1.807) is 0 Å². The van der Waals surface area contributed by atoms with Crippen molar-refractivity contribution in [2.75, 3.05) is 0 Å². The van der Waals surface area contributed by atoms with Gasteiger partial charge in [-0.25, -0.2) is 4.79 Å². The highest BCUT2D eigenvalue weighted by molar-refractivity contribution is 6.11. The first-order valence-electron chi connectivity index (χ1n) is 6.96. The highest BCUT2D eigenvalue weighted by Crippen LogP contribution is 2.09. The molecule has 0 spiro atoms. The van der Waals surface area contributed by atoms with Crippen molar-refractivity contribution in [1.29, 1.82) is 0 Å². The Kier molecular flexibility index (Phi) is 5.22. The molecule has 2 aromatic rings. The number of benzene rings is 2. The molecule has 0 unspecified atom stereocenters. The van der Waals surface area contributed by atoms with Crippen molar-refractivity contribution in [2.45, 2.75) is 12.5 Å². The largest absolute Gasteiger partial charge is 0.478 e. The van der Waals surface area contributed by atoms with Gasteiger partial charge in [0.05, 0.1) is 17.2 Å². The second-order valence-corrected chi connectivity index (χ2v) is 4.97. The molecule has 0 aliphatic rings. The maximum absolute atomic E-state index is 12.1. The van der Waals surface area contributed by atoms with Crippen molar-refractivity contribution in [2.24, 2.45) is 5.73 Å². The zero-order valence-corrected chi connectivity index (χ0v) is 12.2. The van der Waals surface area contributed by atoms with E-state index >= 15 is 0 Å². The second-order valence-electron chi connectivity index (χ2n) is 4.97. The number of nitrogens with one attached hydrogen (secondary N) is 1. The highest BCUT2D eigenvalue weighted by atomic mass is 16.4. The van der Waals surface area contributed by atoms with Gasteiger partial charge >= 0.3 is 5.97 Å². The summed E-state index contributed by atoms with van der Waals surface area (Å²) in [5.74, 6) is -2.67. The van der Waals surface area contributed by atoms with Crippen LogP contribution in [0.1, 0.15) is 26.3 Å². The lowest BCUT2D eigenvalue weighted by molar-refractivity contribution is -0.121. The van der Waals surface area contributed by atoms with Crippen molar-refractivity contribution >= 4 is 17.8 Å². The lowest BCUT2D eigenvalue weighted by atomic mass is 10.0. The van der Waals surface area contributed by atoms with Crippen LogP contribution in [-0.4, -0.2) is 28.9 Å². The molecule has 0 radical (unpaired) electrons.